The Morgan fingerprint density at radius 2 is 1.13 bits per heavy atom. The number of aliphatic hydroxyl groups excluding tert-OH is 6. The summed E-state index contributed by atoms with van der Waals surface area (Å²) in [5.74, 6) is -2.33. The molecule has 12 N–H and O–H groups in total. The zero-order chi connectivity index (χ0) is 45.3. The SMILES string of the molecule is CC(=O)CCCCCCC(=O)NCC(NCC(=O)NCCOCCOC1OC(CO)C(O)C(O)C1NC(C)=O)C(=O)NCOCCOC1OC(CO)C(O)C(O)C1NC(C)=O. The molecule has 2 aliphatic rings. The quantitative estimate of drug-likeness (QED) is 0.0236. The van der Waals surface area contributed by atoms with E-state index in [2.05, 4.69) is 31.9 Å². The number of carbonyl (C=O) groups excluding carboxylic acids is 6. The van der Waals surface area contributed by atoms with Crippen molar-refractivity contribution in [2.45, 2.75) is 127 Å². The average Bonchev–Trinajstić information content (AvgIpc) is 3.21. The average molecular weight is 883 g/mol. The molecule has 2 rings (SSSR count). The second-order valence-electron chi connectivity index (χ2n) is 14.5. The first-order chi connectivity index (χ1) is 29.1. The highest BCUT2D eigenvalue weighted by Gasteiger charge is 2.46. The van der Waals surface area contributed by atoms with Gasteiger partial charge >= 0.3 is 0 Å². The van der Waals surface area contributed by atoms with Crippen LogP contribution in [-0.2, 0) is 57.2 Å². The van der Waals surface area contributed by atoms with Crippen molar-refractivity contribution in [1.82, 2.24) is 31.9 Å². The molecule has 2 saturated heterocycles. The minimum atomic E-state index is -1.49. The van der Waals surface area contributed by atoms with Crippen LogP contribution in [0.5, 0.6) is 0 Å². The molecule has 0 aromatic rings. The number of rotatable bonds is 30. The largest absolute Gasteiger partial charge is 0.394 e. The van der Waals surface area contributed by atoms with Crippen molar-refractivity contribution in [3.63, 3.8) is 0 Å². The number of ether oxygens (including phenoxy) is 6. The van der Waals surface area contributed by atoms with Crippen LogP contribution in [0.15, 0.2) is 0 Å². The second-order valence-corrected chi connectivity index (χ2v) is 14.5. The Morgan fingerprint density at radius 1 is 0.607 bits per heavy atom. The molecule has 2 aliphatic heterocycles. The molecule has 5 amide bonds. The summed E-state index contributed by atoms with van der Waals surface area (Å²) in [6.07, 6.45) is -7.05. The normalized spacial score (nSPS) is 26.8. The van der Waals surface area contributed by atoms with Gasteiger partial charge in [0.1, 0.15) is 67.3 Å². The van der Waals surface area contributed by atoms with Crippen molar-refractivity contribution >= 4 is 35.3 Å². The highest BCUT2D eigenvalue weighted by molar-refractivity contribution is 5.85. The van der Waals surface area contributed by atoms with Crippen molar-refractivity contribution < 1.29 is 87.8 Å². The summed E-state index contributed by atoms with van der Waals surface area (Å²) in [4.78, 5) is 72.6. The van der Waals surface area contributed by atoms with E-state index in [-0.39, 0.29) is 77.5 Å². The third-order valence-corrected chi connectivity index (χ3v) is 9.45. The number of Topliss-reactive ketones (excluding diaryl/α,β-unsaturated/α-hetero) is 1. The fourth-order valence-electron chi connectivity index (χ4n) is 6.21. The molecule has 11 unspecified atom stereocenters. The van der Waals surface area contributed by atoms with Gasteiger partial charge in [-0.05, 0) is 19.8 Å². The van der Waals surface area contributed by atoms with Crippen molar-refractivity contribution in [3.8, 4) is 0 Å². The summed E-state index contributed by atoms with van der Waals surface area (Å²) in [6, 6.07) is -3.31. The zero-order valence-electron chi connectivity index (χ0n) is 35.0. The Bertz CT molecular complexity index is 1350. The molecule has 352 valence electrons. The van der Waals surface area contributed by atoms with Gasteiger partial charge in [0, 0.05) is 39.8 Å². The Morgan fingerprint density at radius 3 is 1.64 bits per heavy atom. The molecule has 24 heteroatoms. The molecule has 0 radical (unpaired) electrons. The summed E-state index contributed by atoms with van der Waals surface area (Å²) in [5.41, 5.74) is 0. The lowest BCUT2D eigenvalue weighted by molar-refractivity contribution is -0.272. The third-order valence-electron chi connectivity index (χ3n) is 9.45. The van der Waals surface area contributed by atoms with Gasteiger partial charge in [-0.1, -0.05) is 12.8 Å². The van der Waals surface area contributed by atoms with Crippen molar-refractivity contribution in [3.05, 3.63) is 0 Å². The van der Waals surface area contributed by atoms with E-state index in [9.17, 15) is 59.4 Å². The van der Waals surface area contributed by atoms with Crippen LogP contribution in [0.4, 0.5) is 0 Å². The Kier molecular flexibility index (Phi) is 26.1. The van der Waals surface area contributed by atoms with Gasteiger partial charge in [0.2, 0.25) is 29.5 Å². The van der Waals surface area contributed by atoms with Gasteiger partial charge in [-0.2, -0.15) is 0 Å². The lowest BCUT2D eigenvalue weighted by atomic mass is 9.97. The molecule has 2 fully saturated rings. The van der Waals surface area contributed by atoms with E-state index in [4.69, 9.17) is 28.4 Å². The maximum absolute atomic E-state index is 13.1. The Hall–Kier alpha value is -3.50. The molecule has 2 heterocycles. The van der Waals surface area contributed by atoms with Gasteiger partial charge in [0.05, 0.1) is 52.8 Å². The monoisotopic (exact) mass is 882 g/mol. The maximum atomic E-state index is 13.1. The first kappa shape index (κ1) is 53.6. The summed E-state index contributed by atoms with van der Waals surface area (Å²) >= 11 is 0. The van der Waals surface area contributed by atoms with E-state index in [1.54, 1.807) is 0 Å². The number of hydrogen-bond donors (Lipinski definition) is 12. The van der Waals surface area contributed by atoms with Gasteiger partial charge in [0.25, 0.3) is 0 Å². The van der Waals surface area contributed by atoms with Crippen molar-refractivity contribution in [2.24, 2.45) is 0 Å². The smallest absolute Gasteiger partial charge is 0.240 e. The van der Waals surface area contributed by atoms with Crippen LogP contribution in [0, 0.1) is 0 Å². The zero-order valence-corrected chi connectivity index (χ0v) is 35.0. The molecule has 11 atom stereocenters. The van der Waals surface area contributed by atoms with Gasteiger partial charge < -0.3 is 90.4 Å². The molecular formula is C37H66N6O18. The minimum Gasteiger partial charge on any atom is -0.394 e. The third kappa shape index (κ3) is 20.5. The highest BCUT2D eigenvalue weighted by Crippen LogP contribution is 2.23. The van der Waals surface area contributed by atoms with E-state index in [1.165, 1.54) is 20.8 Å². The van der Waals surface area contributed by atoms with Crippen LogP contribution in [0.25, 0.3) is 0 Å². The lowest BCUT2D eigenvalue weighted by Crippen LogP contribution is -2.64. The van der Waals surface area contributed by atoms with E-state index in [0.717, 1.165) is 19.3 Å². The Labute approximate surface area is 354 Å². The van der Waals surface area contributed by atoms with E-state index < -0.39 is 104 Å². The molecule has 0 bridgehead atoms. The topological polar surface area (TPSA) is 351 Å². The molecule has 0 aliphatic carbocycles. The van der Waals surface area contributed by atoms with Crippen LogP contribution in [0.2, 0.25) is 0 Å². The molecule has 0 aromatic carbocycles. The van der Waals surface area contributed by atoms with E-state index >= 15 is 0 Å². The van der Waals surface area contributed by atoms with E-state index in [0.29, 0.717) is 12.8 Å². The van der Waals surface area contributed by atoms with Crippen LogP contribution in [0.1, 0.15) is 59.3 Å². The number of unbranched alkanes of at least 4 members (excludes halogenated alkanes) is 3. The van der Waals surface area contributed by atoms with Gasteiger partial charge in [-0.3, -0.25) is 29.3 Å². The number of carbonyl (C=O) groups is 6. The fourth-order valence-corrected chi connectivity index (χ4v) is 6.21. The molecule has 0 saturated carbocycles. The summed E-state index contributed by atoms with van der Waals surface area (Å²) in [5, 5.41) is 75.5. The summed E-state index contributed by atoms with van der Waals surface area (Å²) in [7, 11) is 0. The van der Waals surface area contributed by atoms with Crippen LogP contribution in [0.3, 0.4) is 0 Å². The van der Waals surface area contributed by atoms with Gasteiger partial charge in [-0.25, -0.2) is 0 Å². The standard InChI is InChI=1S/C37H66N6O18/c1-21(46)8-6-4-5-7-9-27(49)40-16-24(35(55)41-20-57-13-15-59-37-30(43-23(3)48)34(54)32(52)26(19-45)61-37)39-17-28(50)38-10-11-56-12-14-58-36-29(42-22(2)47)33(53)31(51)25(18-44)60-36/h24-26,29-34,36-37,39,44-45,51-54H,4-20H2,1-3H3,(H,38,50)(H,40,49)(H,41,55)(H,42,47)(H,43,48). The predicted molar refractivity (Wildman–Crippen MR) is 209 cm³/mol. The number of nitrogens with one attached hydrogen (secondary N) is 6. The highest BCUT2D eigenvalue weighted by atomic mass is 16.7. The molecule has 0 spiro atoms. The molecule has 61 heavy (non-hydrogen) atoms. The van der Waals surface area contributed by atoms with Gasteiger partial charge in [0.15, 0.2) is 12.6 Å². The van der Waals surface area contributed by atoms with E-state index in [1.807, 2.05) is 0 Å². The molecular weight excluding hydrogens is 816 g/mol. The van der Waals surface area contributed by atoms with Crippen molar-refractivity contribution in [2.75, 3.05) is 72.6 Å². The molecule has 24 nitrogen and oxygen atoms in total. The first-order valence-electron chi connectivity index (χ1n) is 20.3. The van der Waals surface area contributed by atoms with Crippen LogP contribution in [-0.4, -0.2) is 206 Å². The number of aliphatic hydroxyl groups is 6. The van der Waals surface area contributed by atoms with Crippen molar-refractivity contribution in [1.29, 1.82) is 0 Å². The molecule has 0 aromatic heterocycles. The second kappa shape index (κ2) is 29.7. The summed E-state index contributed by atoms with van der Waals surface area (Å²) in [6.45, 7) is 1.76. The van der Waals surface area contributed by atoms with Gasteiger partial charge in [-0.15, -0.1) is 0 Å². The first-order valence-corrected chi connectivity index (χ1v) is 20.3. The lowest BCUT2D eigenvalue weighted by Gasteiger charge is -2.42. The number of ketones is 1. The van der Waals surface area contributed by atoms with Crippen LogP contribution >= 0.6 is 0 Å². The predicted octanol–water partition coefficient (Wildman–Crippen LogP) is -5.87. The fraction of sp³-hybridized carbons (Fsp3) is 0.838. The maximum Gasteiger partial charge on any atom is 0.240 e. The number of hydrogen-bond acceptors (Lipinski definition) is 19. The number of amides is 5. The van der Waals surface area contributed by atoms with Crippen LogP contribution < -0.4 is 31.9 Å². The Balaban J connectivity index is 1.80. The summed E-state index contributed by atoms with van der Waals surface area (Å²) < 4.78 is 33.0. The minimum absolute atomic E-state index is 0.0150.